The number of thiazole rings is 1. The van der Waals surface area contributed by atoms with Gasteiger partial charge in [0.1, 0.15) is 6.07 Å². The number of ether oxygens (including phenoxy) is 1. The number of carbonyl (C=O) groups excluding carboxylic acids is 1. The Morgan fingerprint density at radius 2 is 2.38 bits per heavy atom. The molecule has 0 bridgehead atoms. The predicted octanol–water partition coefficient (Wildman–Crippen LogP) is 2.73. The molecule has 1 aromatic rings. The van der Waals surface area contributed by atoms with Gasteiger partial charge in [-0.1, -0.05) is 12.8 Å². The number of aromatic nitrogens is 1. The van der Waals surface area contributed by atoms with Crippen molar-refractivity contribution in [1.82, 2.24) is 10.3 Å². The summed E-state index contributed by atoms with van der Waals surface area (Å²) in [5.41, 5.74) is 0.320. The fourth-order valence-corrected chi connectivity index (χ4v) is 3.34. The van der Waals surface area contributed by atoms with E-state index >= 15 is 0 Å². The van der Waals surface area contributed by atoms with Gasteiger partial charge in [-0.15, -0.1) is 11.3 Å². The quantitative estimate of drug-likeness (QED) is 0.875. The van der Waals surface area contributed by atoms with Gasteiger partial charge >= 0.3 is 6.03 Å². The average molecular weight is 308 g/mol. The molecule has 7 heteroatoms. The number of nitrogens with zero attached hydrogens (tertiary/aromatic N) is 2. The van der Waals surface area contributed by atoms with Crippen molar-refractivity contribution in [1.29, 1.82) is 5.26 Å². The molecule has 0 spiro atoms. The van der Waals surface area contributed by atoms with E-state index in [4.69, 9.17) is 10.00 Å². The lowest BCUT2D eigenvalue weighted by atomic mass is 9.84. The first-order chi connectivity index (χ1) is 10.2. The molecule has 1 aliphatic carbocycles. The van der Waals surface area contributed by atoms with Crippen LogP contribution >= 0.6 is 11.3 Å². The smallest absolute Gasteiger partial charge is 0.321 e. The number of rotatable bonds is 5. The molecule has 6 nitrogen and oxygen atoms in total. The van der Waals surface area contributed by atoms with Crippen molar-refractivity contribution in [2.75, 3.05) is 19.0 Å². The van der Waals surface area contributed by atoms with E-state index in [1.807, 2.05) is 6.07 Å². The molecule has 2 atom stereocenters. The standard InChI is InChI=1S/C14H20N4O2S/c1-20-12-5-3-2-4-10(12)6-7-16-13(19)18-14-17-11(8-15)9-21-14/h9-10,12H,2-7H2,1H3,(H2,16,17,18,19). The lowest BCUT2D eigenvalue weighted by Gasteiger charge is -2.30. The topological polar surface area (TPSA) is 87.0 Å². The van der Waals surface area contributed by atoms with Crippen molar-refractivity contribution in [3.05, 3.63) is 11.1 Å². The summed E-state index contributed by atoms with van der Waals surface area (Å²) in [7, 11) is 1.76. The largest absolute Gasteiger partial charge is 0.381 e. The van der Waals surface area contributed by atoms with Crippen molar-refractivity contribution in [3.8, 4) is 6.07 Å². The van der Waals surface area contributed by atoms with E-state index in [2.05, 4.69) is 15.6 Å². The minimum Gasteiger partial charge on any atom is -0.381 e. The van der Waals surface area contributed by atoms with Crippen LogP contribution in [-0.2, 0) is 4.74 Å². The Hall–Kier alpha value is -1.65. The van der Waals surface area contributed by atoms with E-state index in [1.165, 1.54) is 30.6 Å². The number of nitriles is 1. The van der Waals surface area contributed by atoms with Crippen LogP contribution in [0.1, 0.15) is 37.8 Å². The van der Waals surface area contributed by atoms with Gasteiger partial charge in [-0.2, -0.15) is 5.26 Å². The van der Waals surface area contributed by atoms with Crippen molar-refractivity contribution >= 4 is 22.5 Å². The molecule has 0 aliphatic heterocycles. The summed E-state index contributed by atoms with van der Waals surface area (Å²) in [6.07, 6.45) is 6.00. The molecular weight excluding hydrogens is 288 g/mol. The zero-order valence-corrected chi connectivity index (χ0v) is 12.9. The van der Waals surface area contributed by atoms with Gasteiger partial charge in [0, 0.05) is 19.0 Å². The Kier molecular flexibility index (Phi) is 5.96. The van der Waals surface area contributed by atoms with Gasteiger partial charge in [0.15, 0.2) is 10.8 Å². The molecule has 0 aromatic carbocycles. The molecule has 0 saturated heterocycles. The van der Waals surface area contributed by atoms with Crippen LogP contribution in [0.2, 0.25) is 0 Å². The van der Waals surface area contributed by atoms with Crippen molar-refractivity contribution in [3.63, 3.8) is 0 Å². The molecule has 2 unspecified atom stereocenters. The maximum Gasteiger partial charge on any atom is 0.321 e. The summed E-state index contributed by atoms with van der Waals surface area (Å²) in [6, 6.07) is 1.65. The second-order valence-electron chi connectivity index (χ2n) is 5.14. The summed E-state index contributed by atoms with van der Waals surface area (Å²) in [6.45, 7) is 0.618. The van der Waals surface area contributed by atoms with Crippen molar-refractivity contribution in [2.45, 2.75) is 38.2 Å². The minimum absolute atomic E-state index is 0.279. The first kappa shape index (κ1) is 15.7. The molecule has 2 N–H and O–H groups in total. The van der Waals surface area contributed by atoms with E-state index in [9.17, 15) is 4.79 Å². The van der Waals surface area contributed by atoms with Crippen LogP contribution in [0.15, 0.2) is 5.38 Å². The third-order valence-corrected chi connectivity index (χ3v) is 4.54. The molecule has 0 radical (unpaired) electrons. The predicted molar refractivity (Wildman–Crippen MR) is 81.2 cm³/mol. The summed E-state index contributed by atoms with van der Waals surface area (Å²) < 4.78 is 5.50. The lowest BCUT2D eigenvalue weighted by Crippen LogP contribution is -2.34. The van der Waals surface area contributed by atoms with E-state index in [-0.39, 0.29) is 6.03 Å². The highest BCUT2D eigenvalue weighted by Gasteiger charge is 2.24. The number of nitrogens with one attached hydrogen (secondary N) is 2. The monoisotopic (exact) mass is 308 g/mol. The van der Waals surface area contributed by atoms with E-state index in [0.717, 1.165) is 12.8 Å². The van der Waals surface area contributed by atoms with Gasteiger partial charge in [-0.3, -0.25) is 5.32 Å². The van der Waals surface area contributed by atoms with Crippen molar-refractivity contribution < 1.29 is 9.53 Å². The molecule has 114 valence electrons. The zero-order chi connectivity index (χ0) is 15.1. The van der Waals surface area contributed by atoms with Gasteiger partial charge in [0.05, 0.1) is 6.10 Å². The Balaban J connectivity index is 1.70. The van der Waals surface area contributed by atoms with Gasteiger partial charge in [-0.05, 0) is 25.2 Å². The van der Waals surface area contributed by atoms with E-state index in [1.54, 1.807) is 12.5 Å². The molecule has 1 fully saturated rings. The van der Waals surface area contributed by atoms with Crippen LogP contribution in [0, 0.1) is 17.2 Å². The normalized spacial score (nSPS) is 21.5. The Morgan fingerprint density at radius 1 is 1.57 bits per heavy atom. The van der Waals surface area contributed by atoms with Crippen LogP contribution in [0.3, 0.4) is 0 Å². The number of carbonyl (C=O) groups is 1. The third-order valence-electron chi connectivity index (χ3n) is 3.78. The number of amides is 2. The average Bonchev–Trinajstić information content (AvgIpc) is 2.95. The Morgan fingerprint density at radius 3 is 3.10 bits per heavy atom. The third kappa shape index (κ3) is 4.69. The number of hydrogen-bond acceptors (Lipinski definition) is 5. The first-order valence-corrected chi connectivity index (χ1v) is 8.04. The zero-order valence-electron chi connectivity index (χ0n) is 12.1. The highest BCUT2D eigenvalue weighted by molar-refractivity contribution is 7.14. The maximum atomic E-state index is 11.7. The minimum atomic E-state index is -0.279. The van der Waals surface area contributed by atoms with Gasteiger partial charge in [0.25, 0.3) is 0 Å². The number of anilines is 1. The fraction of sp³-hybridized carbons (Fsp3) is 0.643. The molecule has 21 heavy (non-hydrogen) atoms. The van der Waals surface area contributed by atoms with Crippen LogP contribution in [0.25, 0.3) is 0 Å². The lowest BCUT2D eigenvalue weighted by molar-refractivity contribution is 0.0208. The maximum absolute atomic E-state index is 11.7. The second kappa shape index (κ2) is 7.96. The SMILES string of the molecule is COC1CCCCC1CCNC(=O)Nc1nc(C#N)cs1. The van der Waals surface area contributed by atoms with Crippen LogP contribution in [0.5, 0.6) is 0 Å². The summed E-state index contributed by atoms with van der Waals surface area (Å²) in [4.78, 5) is 15.7. The molecular formula is C14H20N4O2S. The number of hydrogen-bond donors (Lipinski definition) is 2. The first-order valence-electron chi connectivity index (χ1n) is 7.16. The Bertz CT molecular complexity index is 511. The second-order valence-corrected chi connectivity index (χ2v) is 6.00. The van der Waals surface area contributed by atoms with Crippen LogP contribution < -0.4 is 10.6 Å². The summed E-state index contributed by atoms with van der Waals surface area (Å²) in [5, 5.41) is 16.2. The van der Waals surface area contributed by atoms with Gasteiger partial charge in [-0.25, -0.2) is 9.78 Å². The number of methoxy groups -OCH3 is 1. The van der Waals surface area contributed by atoms with Crippen LogP contribution in [0.4, 0.5) is 9.93 Å². The van der Waals surface area contributed by atoms with Gasteiger partial charge < -0.3 is 10.1 Å². The summed E-state index contributed by atoms with van der Waals surface area (Å²) in [5.74, 6) is 0.522. The molecule has 1 saturated carbocycles. The number of urea groups is 1. The molecule has 1 aromatic heterocycles. The van der Waals surface area contributed by atoms with E-state index in [0.29, 0.717) is 29.4 Å². The van der Waals surface area contributed by atoms with Crippen molar-refractivity contribution in [2.24, 2.45) is 5.92 Å². The summed E-state index contributed by atoms with van der Waals surface area (Å²) >= 11 is 1.24. The molecule has 1 aliphatic rings. The van der Waals surface area contributed by atoms with E-state index < -0.39 is 0 Å². The Labute approximate surface area is 128 Å². The van der Waals surface area contributed by atoms with Crippen LogP contribution in [-0.4, -0.2) is 30.8 Å². The highest BCUT2D eigenvalue weighted by atomic mass is 32.1. The highest BCUT2D eigenvalue weighted by Crippen LogP contribution is 2.28. The molecule has 1 heterocycles. The van der Waals surface area contributed by atoms with Gasteiger partial charge in [0.2, 0.25) is 0 Å². The fourth-order valence-electron chi connectivity index (χ4n) is 2.71. The molecule has 2 amide bonds. The molecule has 2 rings (SSSR count).